The molecule has 0 aliphatic heterocycles. The molecule has 5 nitrogen and oxygen atoms in total. The molecule has 0 saturated heterocycles. The minimum Gasteiger partial charge on any atom is -0.337 e. The number of amides is 1. The lowest BCUT2D eigenvalue weighted by Crippen LogP contribution is -2.26. The van der Waals surface area contributed by atoms with E-state index in [4.69, 9.17) is 23.2 Å². The second-order valence-corrected chi connectivity index (χ2v) is 6.80. The SMILES string of the molecule is CSc1ccc(C(=O)N(C)Cc2cc(Cl)cc(Cl)c2)cc1[N+](=O)[O-]. The van der Waals surface area contributed by atoms with Crippen LogP contribution in [0.3, 0.4) is 0 Å². The zero-order chi connectivity index (χ0) is 17.9. The number of benzene rings is 2. The van der Waals surface area contributed by atoms with Crippen molar-refractivity contribution < 1.29 is 9.72 Å². The molecule has 0 heterocycles. The first-order valence-electron chi connectivity index (χ1n) is 6.84. The van der Waals surface area contributed by atoms with Crippen molar-refractivity contribution in [1.29, 1.82) is 0 Å². The molecule has 0 aromatic heterocycles. The maximum Gasteiger partial charge on any atom is 0.283 e. The van der Waals surface area contributed by atoms with Gasteiger partial charge in [0.25, 0.3) is 11.6 Å². The molecule has 0 aliphatic carbocycles. The summed E-state index contributed by atoms with van der Waals surface area (Å²) in [5, 5.41) is 12.1. The molecule has 1 amide bonds. The Morgan fingerprint density at radius 2 is 1.83 bits per heavy atom. The first-order chi connectivity index (χ1) is 11.3. The fraction of sp³-hybridized carbons (Fsp3) is 0.188. The van der Waals surface area contributed by atoms with Crippen molar-refractivity contribution in [3.05, 3.63) is 67.7 Å². The Labute approximate surface area is 153 Å². The number of carbonyl (C=O) groups is 1. The molecule has 0 spiro atoms. The van der Waals surface area contributed by atoms with E-state index in [1.165, 1.54) is 22.7 Å². The molecule has 0 bridgehead atoms. The first-order valence-corrected chi connectivity index (χ1v) is 8.82. The number of hydrogen-bond acceptors (Lipinski definition) is 4. The maximum absolute atomic E-state index is 12.5. The van der Waals surface area contributed by atoms with E-state index in [9.17, 15) is 14.9 Å². The number of nitrogens with zero attached hydrogens (tertiary/aromatic N) is 2. The van der Waals surface area contributed by atoms with Gasteiger partial charge in [0.1, 0.15) is 0 Å². The monoisotopic (exact) mass is 384 g/mol. The van der Waals surface area contributed by atoms with Gasteiger partial charge in [-0.3, -0.25) is 14.9 Å². The Bertz CT molecular complexity index is 779. The summed E-state index contributed by atoms with van der Waals surface area (Å²) < 4.78 is 0. The van der Waals surface area contributed by atoms with Gasteiger partial charge in [-0.1, -0.05) is 23.2 Å². The van der Waals surface area contributed by atoms with Gasteiger partial charge in [-0.25, -0.2) is 0 Å². The molecule has 2 aromatic carbocycles. The standard InChI is InChI=1S/C16H14Cl2N2O3S/c1-19(9-10-5-12(17)8-13(18)6-10)16(21)11-3-4-15(24-2)14(7-11)20(22)23/h3-8H,9H2,1-2H3. The van der Waals surface area contributed by atoms with Gasteiger partial charge in [-0.2, -0.15) is 0 Å². The van der Waals surface area contributed by atoms with Crippen LogP contribution in [0.25, 0.3) is 0 Å². The van der Waals surface area contributed by atoms with E-state index < -0.39 is 4.92 Å². The summed E-state index contributed by atoms with van der Waals surface area (Å²) in [5.74, 6) is -0.318. The van der Waals surface area contributed by atoms with Gasteiger partial charge in [0.05, 0.1) is 9.82 Å². The van der Waals surface area contributed by atoms with Crippen LogP contribution >= 0.6 is 35.0 Å². The first kappa shape index (κ1) is 18.6. The van der Waals surface area contributed by atoms with Gasteiger partial charge in [0, 0.05) is 35.3 Å². The highest BCUT2D eigenvalue weighted by Gasteiger charge is 2.19. The van der Waals surface area contributed by atoms with Crippen LogP contribution in [0.5, 0.6) is 0 Å². The Hall–Kier alpha value is -1.76. The number of thioether (sulfide) groups is 1. The van der Waals surface area contributed by atoms with Crippen molar-refractivity contribution in [2.75, 3.05) is 13.3 Å². The number of carbonyl (C=O) groups excluding carboxylic acids is 1. The summed E-state index contributed by atoms with van der Waals surface area (Å²) in [6, 6.07) is 9.52. The minimum atomic E-state index is -0.487. The minimum absolute atomic E-state index is 0.0763. The van der Waals surface area contributed by atoms with Gasteiger partial charge in [0.15, 0.2) is 0 Å². The zero-order valence-electron chi connectivity index (χ0n) is 13.0. The molecule has 0 radical (unpaired) electrons. The van der Waals surface area contributed by atoms with Gasteiger partial charge >= 0.3 is 0 Å². The number of nitro groups is 1. The lowest BCUT2D eigenvalue weighted by atomic mass is 10.1. The van der Waals surface area contributed by atoms with Crippen molar-refractivity contribution in [1.82, 2.24) is 4.90 Å². The quantitative estimate of drug-likeness (QED) is 0.417. The third kappa shape index (κ3) is 4.41. The highest BCUT2D eigenvalue weighted by Crippen LogP contribution is 2.29. The molecule has 24 heavy (non-hydrogen) atoms. The van der Waals surface area contributed by atoms with E-state index in [-0.39, 0.29) is 23.7 Å². The predicted octanol–water partition coefficient (Wildman–Crippen LogP) is 4.90. The number of hydrogen-bond donors (Lipinski definition) is 0. The lowest BCUT2D eigenvalue weighted by molar-refractivity contribution is -0.387. The van der Waals surface area contributed by atoms with Crippen molar-refractivity contribution in [3.8, 4) is 0 Å². The second-order valence-electron chi connectivity index (χ2n) is 5.08. The average molecular weight is 385 g/mol. The lowest BCUT2D eigenvalue weighted by Gasteiger charge is -2.18. The zero-order valence-corrected chi connectivity index (χ0v) is 15.3. The van der Waals surface area contributed by atoms with E-state index in [1.807, 2.05) is 0 Å². The highest BCUT2D eigenvalue weighted by atomic mass is 35.5. The summed E-state index contributed by atoms with van der Waals surface area (Å²) in [4.78, 5) is 25.1. The summed E-state index contributed by atoms with van der Waals surface area (Å²) >= 11 is 13.2. The molecule has 8 heteroatoms. The van der Waals surface area contributed by atoms with Gasteiger partial charge < -0.3 is 4.90 Å². The van der Waals surface area contributed by atoms with E-state index in [0.29, 0.717) is 14.9 Å². The average Bonchev–Trinajstić information content (AvgIpc) is 2.52. The van der Waals surface area contributed by atoms with Gasteiger partial charge in [0.2, 0.25) is 0 Å². The summed E-state index contributed by atoms with van der Waals surface area (Å²) in [5.41, 5.74) is 0.959. The molecule has 0 unspecified atom stereocenters. The van der Waals surface area contributed by atoms with Crippen LogP contribution in [-0.4, -0.2) is 29.0 Å². The molecule has 0 saturated carbocycles. The summed E-state index contributed by atoms with van der Waals surface area (Å²) in [6.07, 6.45) is 1.75. The molecule has 0 atom stereocenters. The molecule has 0 fully saturated rings. The van der Waals surface area contributed by atoms with Crippen LogP contribution < -0.4 is 0 Å². The fourth-order valence-corrected chi connectivity index (χ4v) is 3.35. The summed E-state index contributed by atoms with van der Waals surface area (Å²) in [6.45, 7) is 0.289. The smallest absolute Gasteiger partial charge is 0.283 e. The largest absolute Gasteiger partial charge is 0.337 e. The van der Waals surface area contributed by atoms with E-state index in [2.05, 4.69) is 0 Å². The molecule has 0 N–H and O–H groups in total. The predicted molar refractivity (Wildman–Crippen MR) is 97.1 cm³/mol. The molecule has 126 valence electrons. The van der Waals surface area contributed by atoms with E-state index in [0.717, 1.165) is 5.56 Å². The van der Waals surface area contributed by atoms with Crippen molar-refractivity contribution in [3.63, 3.8) is 0 Å². The summed E-state index contributed by atoms with van der Waals surface area (Å²) in [7, 11) is 1.62. The van der Waals surface area contributed by atoms with Crippen LogP contribution in [0, 0.1) is 10.1 Å². The number of rotatable bonds is 5. The van der Waals surface area contributed by atoms with Crippen molar-refractivity contribution in [2.45, 2.75) is 11.4 Å². The molecule has 0 aliphatic rings. The Kier molecular flexibility index (Phi) is 6.10. The fourth-order valence-electron chi connectivity index (χ4n) is 2.23. The topological polar surface area (TPSA) is 63.5 Å². The van der Waals surface area contributed by atoms with Crippen LogP contribution in [0.2, 0.25) is 10.0 Å². The number of nitro benzene ring substituents is 1. The molecular formula is C16H14Cl2N2O3S. The van der Waals surface area contributed by atoms with Crippen molar-refractivity contribution in [2.24, 2.45) is 0 Å². The van der Waals surface area contributed by atoms with Crippen LogP contribution in [-0.2, 0) is 6.54 Å². The molecular weight excluding hydrogens is 371 g/mol. The van der Waals surface area contributed by atoms with E-state index >= 15 is 0 Å². The normalized spacial score (nSPS) is 10.5. The molecule has 2 rings (SSSR count). The van der Waals surface area contributed by atoms with Gasteiger partial charge in [-0.15, -0.1) is 11.8 Å². The van der Waals surface area contributed by atoms with Crippen LogP contribution in [0.4, 0.5) is 5.69 Å². The number of halogens is 2. The van der Waals surface area contributed by atoms with Gasteiger partial charge in [-0.05, 0) is 42.2 Å². The molecule has 2 aromatic rings. The second kappa shape index (κ2) is 7.88. The third-order valence-corrected chi connectivity index (χ3v) is 4.53. The Morgan fingerprint density at radius 1 is 1.21 bits per heavy atom. The van der Waals surface area contributed by atoms with E-state index in [1.54, 1.807) is 43.6 Å². The third-order valence-electron chi connectivity index (χ3n) is 3.31. The van der Waals surface area contributed by atoms with Crippen LogP contribution in [0.1, 0.15) is 15.9 Å². The maximum atomic E-state index is 12.5. The Balaban J connectivity index is 2.24. The van der Waals surface area contributed by atoms with Crippen LogP contribution in [0.15, 0.2) is 41.3 Å². The highest BCUT2D eigenvalue weighted by molar-refractivity contribution is 7.98. The van der Waals surface area contributed by atoms with Crippen molar-refractivity contribution >= 4 is 46.6 Å². The Morgan fingerprint density at radius 3 is 2.38 bits per heavy atom.